The van der Waals surface area contributed by atoms with Crippen molar-refractivity contribution in [3.8, 4) is 11.5 Å². The summed E-state index contributed by atoms with van der Waals surface area (Å²) in [6, 6.07) is 15.4. The van der Waals surface area contributed by atoms with Gasteiger partial charge in [0.25, 0.3) is 5.91 Å². The normalized spacial score (nSPS) is 15.6. The summed E-state index contributed by atoms with van der Waals surface area (Å²) in [5, 5.41) is 3.84. The second kappa shape index (κ2) is 11.5. The first-order valence-electron chi connectivity index (χ1n) is 13.1. The highest BCUT2D eigenvalue weighted by molar-refractivity contribution is 7.16. The van der Waals surface area contributed by atoms with Crippen molar-refractivity contribution in [2.45, 2.75) is 66.9 Å². The number of nitrogens with zero attached hydrogens (tertiary/aromatic N) is 1. The maximum atomic E-state index is 13.5. The maximum absolute atomic E-state index is 13.5. The summed E-state index contributed by atoms with van der Waals surface area (Å²) in [5.74, 6) is 1.90. The average Bonchev–Trinajstić information content (AvgIpc) is 3.22. The molecule has 4 rings (SSSR count). The summed E-state index contributed by atoms with van der Waals surface area (Å²) < 4.78 is 11.7. The molecule has 37 heavy (non-hydrogen) atoms. The van der Waals surface area contributed by atoms with Crippen molar-refractivity contribution in [3.63, 3.8) is 0 Å². The number of para-hydroxylation sites is 1. The van der Waals surface area contributed by atoms with Crippen molar-refractivity contribution < 1.29 is 14.3 Å². The zero-order valence-electron chi connectivity index (χ0n) is 22.8. The minimum absolute atomic E-state index is 0.0544. The van der Waals surface area contributed by atoms with Crippen molar-refractivity contribution in [1.82, 2.24) is 0 Å². The van der Waals surface area contributed by atoms with Crippen LogP contribution in [0.2, 0.25) is 0 Å². The van der Waals surface area contributed by atoms with Crippen LogP contribution in [0.15, 0.2) is 53.5 Å². The number of hydrogen-bond donors (Lipinski definition) is 1. The van der Waals surface area contributed by atoms with Gasteiger partial charge < -0.3 is 14.8 Å². The second-order valence-corrected chi connectivity index (χ2v) is 12.0. The maximum Gasteiger partial charge on any atom is 0.259 e. The Morgan fingerprint density at radius 2 is 1.92 bits per heavy atom. The van der Waals surface area contributed by atoms with Gasteiger partial charge in [0.1, 0.15) is 5.00 Å². The third kappa shape index (κ3) is 6.61. The summed E-state index contributed by atoms with van der Waals surface area (Å²) in [6.07, 6.45) is 4.84. The minimum atomic E-state index is -0.0965. The molecule has 0 fully saturated rings. The summed E-state index contributed by atoms with van der Waals surface area (Å²) in [7, 11) is 0. The van der Waals surface area contributed by atoms with Gasteiger partial charge in [0.15, 0.2) is 11.5 Å². The number of benzene rings is 2. The molecule has 0 spiro atoms. The highest BCUT2D eigenvalue weighted by Gasteiger charge is 2.33. The number of amides is 1. The van der Waals surface area contributed by atoms with Crippen LogP contribution < -0.4 is 14.8 Å². The quantitative estimate of drug-likeness (QED) is 0.307. The van der Waals surface area contributed by atoms with E-state index in [-0.39, 0.29) is 17.4 Å². The number of fused-ring (bicyclic) bond motifs is 1. The number of thiophene rings is 1. The summed E-state index contributed by atoms with van der Waals surface area (Å²) in [4.78, 5) is 19.7. The van der Waals surface area contributed by atoms with Crippen molar-refractivity contribution >= 4 is 34.1 Å². The number of hydrogen-bond acceptors (Lipinski definition) is 5. The molecule has 1 heterocycles. The molecule has 1 atom stereocenters. The number of carbonyl (C=O) groups excluding carboxylic acids is 1. The van der Waals surface area contributed by atoms with Gasteiger partial charge in [-0.2, -0.15) is 0 Å². The molecule has 6 heteroatoms. The Balaban J connectivity index is 1.68. The minimum Gasteiger partial charge on any atom is -0.490 e. The zero-order valence-corrected chi connectivity index (χ0v) is 23.6. The van der Waals surface area contributed by atoms with Gasteiger partial charge in [-0.15, -0.1) is 11.3 Å². The molecule has 2 aromatic carbocycles. The first-order valence-corrected chi connectivity index (χ1v) is 14.0. The fourth-order valence-corrected chi connectivity index (χ4v) is 5.98. The number of rotatable bonds is 8. The van der Waals surface area contributed by atoms with Crippen molar-refractivity contribution in [2.75, 3.05) is 11.9 Å². The number of carbonyl (C=O) groups is 1. The lowest BCUT2D eigenvalue weighted by Gasteiger charge is -2.33. The molecule has 0 unspecified atom stereocenters. The van der Waals surface area contributed by atoms with Crippen molar-refractivity contribution in [3.05, 3.63) is 70.1 Å². The molecule has 0 bridgehead atoms. The van der Waals surface area contributed by atoms with Crippen LogP contribution in [-0.2, 0) is 12.8 Å². The monoisotopic (exact) mass is 518 g/mol. The van der Waals surface area contributed by atoms with Gasteiger partial charge in [0, 0.05) is 16.8 Å². The van der Waals surface area contributed by atoms with E-state index in [0.717, 1.165) is 46.8 Å². The summed E-state index contributed by atoms with van der Waals surface area (Å²) in [6.45, 7) is 13.4. The van der Waals surface area contributed by atoms with Gasteiger partial charge in [-0.1, -0.05) is 39.0 Å². The fourth-order valence-electron chi connectivity index (χ4n) is 4.71. The van der Waals surface area contributed by atoms with E-state index in [4.69, 9.17) is 14.5 Å². The first-order chi connectivity index (χ1) is 17.7. The summed E-state index contributed by atoms with van der Waals surface area (Å²) >= 11 is 1.65. The van der Waals surface area contributed by atoms with E-state index < -0.39 is 0 Å². The second-order valence-electron chi connectivity index (χ2n) is 10.9. The number of aliphatic imine (C=N–C) groups is 1. The lowest BCUT2D eigenvalue weighted by Crippen LogP contribution is -2.27. The topological polar surface area (TPSA) is 59.9 Å². The van der Waals surface area contributed by atoms with Crippen LogP contribution >= 0.6 is 11.3 Å². The molecule has 0 radical (unpaired) electrons. The fraction of sp³-hybridized carbons (Fsp3) is 0.419. The largest absolute Gasteiger partial charge is 0.490 e. The van der Waals surface area contributed by atoms with Gasteiger partial charge >= 0.3 is 0 Å². The number of anilines is 1. The van der Waals surface area contributed by atoms with Crippen molar-refractivity contribution in [2.24, 2.45) is 16.3 Å². The van der Waals surface area contributed by atoms with E-state index in [1.54, 1.807) is 11.3 Å². The lowest BCUT2D eigenvalue weighted by atomic mass is 9.72. The van der Waals surface area contributed by atoms with E-state index >= 15 is 0 Å². The molecular weight excluding hydrogens is 480 g/mol. The molecule has 0 saturated heterocycles. The Kier molecular flexibility index (Phi) is 8.38. The van der Waals surface area contributed by atoms with Gasteiger partial charge in [0.05, 0.1) is 18.3 Å². The average molecular weight is 519 g/mol. The molecule has 196 valence electrons. The van der Waals surface area contributed by atoms with Crippen molar-refractivity contribution in [1.29, 1.82) is 0 Å². The zero-order chi connectivity index (χ0) is 26.6. The smallest absolute Gasteiger partial charge is 0.259 e. The Morgan fingerprint density at radius 3 is 2.59 bits per heavy atom. The molecule has 5 nitrogen and oxygen atoms in total. The molecule has 1 amide bonds. The van der Waals surface area contributed by atoms with Crippen LogP contribution in [0.5, 0.6) is 11.5 Å². The first kappa shape index (κ1) is 26.9. The molecule has 3 aromatic rings. The van der Waals surface area contributed by atoms with Gasteiger partial charge in [0.2, 0.25) is 0 Å². The molecule has 1 aliphatic rings. The predicted octanol–water partition coefficient (Wildman–Crippen LogP) is 8.09. The van der Waals surface area contributed by atoms with Gasteiger partial charge in [-0.3, -0.25) is 4.79 Å². The van der Waals surface area contributed by atoms with E-state index in [1.165, 1.54) is 4.88 Å². The van der Waals surface area contributed by atoms with E-state index in [1.807, 2.05) is 75.5 Å². The van der Waals surface area contributed by atoms with E-state index in [2.05, 4.69) is 26.1 Å². The van der Waals surface area contributed by atoms with Crippen LogP contribution in [0, 0.1) is 11.3 Å². The highest BCUT2D eigenvalue weighted by Crippen LogP contribution is 2.45. The van der Waals surface area contributed by atoms with Crippen LogP contribution in [0.3, 0.4) is 0 Å². The van der Waals surface area contributed by atoms with Gasteiger partial charge in [-0.05, 0) is 92.8 Å². The molecule has 0 aliphatic heterocycles. The third-order valence-corrected chi connectivity index (χ3v) is 7.85. The van der Waals surface area contributed by atoms with E-state index in [9.17, 15) is 4.79 Å². The Labute approximate surface area is 224 Å². The van der Waals surface area contributed by atoms with Crippen LogP contribution in [0.25, 0.3) is 0 Å². The third-order valence-electron chi connectivity index (χ3n) is 6.69. The summed E-state index contributed by atoms with van der Waals surface area (Å²) in [5.41, 5.74) is 3.77. The molecule has 1 N–H and O–H groups in total. The van der Waals surface area contributed by atoms with Crippen LogP contribution in [0.1, 0.15) is 74.3 Å². The van der Waals surface area contributed by atoms with Crippen LogP contribution in [0.4, 0.5) is 10.7 Å². The Hall–Kier alpha value is -3.12. The SMILES string of the molecule is CCOc1cc(C=Nc2sc3c(c2C(=O)Nc2ccccc2)CC[C@H](C(C)(C)C)C3)ccc1OC(C)C. The van der Waals surface area contributed by atoms with Crippen LogP contribution in [-0.4, -0.2) is 24.8 Å². The molecule has 1 aromatic heterocycles. The predicted molar refractivity (Wildman–Crippen MR) is 154 cm³/mol. The Morgan fingerprint density at radius 1 is 1.16 bits per heavy atom. The molecule has 0 saturated carbocycles. The number of nitrogens with one attached hydrogen (secondary N) is 1. The molecular formula is C31H38N2O3S. The lowest BCUT2D eigenvalue weighted by molar-refractivity contribution is 0.102. The van der Waals surface area contributed by atoms with Gasteiger partial charge in [-0.25, -0.2) is 4.99 Å². The standard InChI is InChI=1S/C31H38N2O3S/c1-7-35-26-17-21(13-16-25(26)36-20(2)3)19-32-30-28(29(34)33-23-11-9-8-10-12-23)24-15-14-22(31(4,5)6)18-27(24)37-30/h8-13,16-17,19-20,22H,7,14-15,18H2,1-6H3,(H,33,34)/t22-/m0/s1. The Bertz CT molecular complexity index is 1260. The number of ether oxygens (including phenoxy) is 2. The molecule has 1 aliphatic carbocycles. The van der Waals surface area contributed by atoms with E-state index in [0.29, 0.717) is 23.8 Å². The highest BCUT2D eigenvalue weighted by atomic mass is 32.1.